The standard InChI is InChI=1S/C25H28N6O4.2C2HF3O2/c1-3-17-16(13-32)6-4-7-20(17)30-24-18-10-22(34-2)23(11-21(18)28-12-19(24)25(26)33)35-9-5-8-31-15-27-14-29-31;2*3-2(4,5)1(6)7/h4,6-7,10-12,14-15,32H,3,5,8-9,13H2,1-2H3,(H2,26,33)(H,28,30);2*(H,6,7). The zero-order chi connectivity index (χ0) is 36.9. The largest absolute Gasteiger partial charge is 0.493 e. The molecule has 0 unspecified atom stereocenters. The number of anilines is 2. The highest BCUT2D eigenvalue weighted by molar-refractivity contribution is 6.08. The SMILES string of the molecule is CCc1c(CO)cccc1Nc1c(C(N)=O)cnc2cc(OCCCn3cncn3)c(OC)cc12.O=C(O)C(F)(F)F.O=C(O)C(F)(F)F. The van der Waals surface area contributed by atoms with Crippen molar-refractivity contribution in [3.05, 3.63) is 65.9 Å². The van der Waals surface area contributed by atoms with Gasteiger partial charge in [0.2, 0.25) is 0 Å². The number of carboxylic acids is 2. The van der Waals surface area contributed by atoms with E-state index in [1.807, 2.05) is 25.1 Å². The van der Waals surface area contributed by atoms with Gasteiger partial charge < -0.3 is 35.8 Å². The van der Waals surface area contributed by atoms with Crippen molar-refractivity contribution >= 4 is 40.1 Å². The molecule has 20 heteroatoms. The summed E-state index contributed by atoms with van der Waals surface area (Å²) in [6.07, 6.45) is -4.13. The number of aliphatic hydroxyl groups excluding tert-OH is 1. The molecule has 2 aromatic heterocycles. The Morgan fingerprint density at radius 2 is 1.65 bits per heavy atom. The van der Waals surface area contributed by atoms with Gasteiger partial charge in [-0.3, -0.25) is 14.5 Å². The number of aromatic nitrogens is 4. The minimum Gasteiger partial charge on any atom is -0.493 e. The van der Waals surface area contributed by atoms with Crippen molar-refractivity contribution in [2.75, 3.05) is 19.0 Å². The van der Waals surface area contributed by atoms with Gasteiger partial charge in [-0.15, -0.1) is 0 Å². The van der Waals surface area contributed by atoms with Gasteiger partial charge in [0.15, 0.2) is 11.5 Å². The highest BCUT2D eigenvalue weighted by atomic mass is 19.4. The van der Waals surface area contributed by atoms with Crippen LogP contribution in [0.1, 0.15) is 34.8 Å². The summed E-state index contributed by atoms with van der Waals surface area (Å²) in [5, 5.41) is 32.1. The van der Waals surface area contributed by atoms with Gasteiger partial charge in [-0.25, -0.2) is 14.6 Å². The zero-order valence-electron chi connectivity index (χ0n) is 25.7. The number of carbonyl (C=O) groups is 3. The number of rotatable bonds is 11. The van der Waals surface area contributed by atoms with Crippen LogP contribution in [0.4, 0.5) is 37.7 Å². The number of hydrogen-bond donors (Lipinski definition) is 5. The number of pyridine rings is 1. The van der Waals surface area contributed by atoms with E-state index in [0.29, 0.717) is 47.7 Å². The van der Waals surface area contributed by atoms with Gasteiger partial charge in [0.05, 0.1) is 37.1 Å². The lowest BCUT2D eigenvalue weighted by Crippen LogP contribution is -2.21. The van der Waals surface area contributed by atoms with Crippen molar-refractivity contribution < 1.29 is 65.5 Å². The lowest BCUT2D eigenvalue weighted by atomic mass is 10.0. The highest BCUT2D eigenvalue weighted by Crippen LogP contribution is 2.38. The summed E-state index contributed by atoms with van der Waals surface area (Å²) in [6, 6.07) is 9.19. The topological polar surface area (TPSA) is 212 Å². The third kappa shape index (κ3) is 11.5. The molecule has 0 radical (unpaired) electrons. The number of methoxy groups -OCH3 is 1. The molecule has 14 nitrogen and oxygen atoms in total. The Kier molecular flexibility index (Phi) is 14.1. The van der Waals surface area contributed by atoms with Gasteiger partial charge in [-0.2, -0.15) is 31.4 Å². The number of aliphatic hydroxyl groups is 1. The van der Waals surface area contributed by atoms with Crippen LogP contribution in [-0.2, 0) is 29.2 Å². The molecule has 0 atom stereocenters. The number of ether oxygens (including phenoxy) is 2. The Morgan fingerprint density at radius 1 is 1.02 bits per heavy atom. The van der Waals surface area contributed by atoms with Crippen LogP contribution >= 0.6 is 0 Å². The molecule has 0 fully saturated rings. The van der Waals surface area contributed by atoms with Crippen LogP contribution in [0.5, 0.6) is 11.5 Å². The van der Waals surface area contributed by atoms with E-state index in [1.54, 1.807) is 30.3 Å². The second kappa shape index (κ2) is 17.5. The Bertz CT molecular complexity index is 1710. The number of carbonyl (C=O) groups excluding carboxylic acids is 1. The molecule has 4 aromatic rings. The molecular weight excluding hydrogens is 674 g/mol. The first kappa shape index (κ1) is 39.5. The van der Waals surface area contributed by atoms with E-state index in [9.17, 15) is 36.2 Å². The van der Waals surface area contributed by atoms with Gasteiger partial charge in [-0.1, -0.05) is 19.1 Å². The third-order valence-electron chi connectivity index (χ3n) is 6.22. The van der Waals surface area contributed by atoms with E-state index in [-0.39, 0.29) is 12.2 Å². The molecule has 4 rings (SSSR count). The number of aliphatic carboxylic acids is 2. The first-order valence-electron chi connectivity index (χ1n) is 13.8. The summed E-state index contributed by atoms with van der Waals surface area (Å²) in [5.41, 5.74) is 9.61. The van der Waals surface area contributed by atoms with E-state index in [0.717, 1.165) is 23.2 Å². The Morgan fingerprint density at radius 3 is 2.14 bits per heavy atom. The maximum Gasteiger partial charge on any atom is 0.490 e. The summed E-state index contributed by atoms with van der Waals surface area (Å²) >= 11 is 0. The van der Waals surface area contributed by atoms with E-state index >= 15 is 0 Å². The van der Waals surface area contributed by atoms with Crippen LogP contribution in [0, 0.1) is 0 Å². The monoisotopic (exact) mass is 704 g/mol. The number of benzene rings is 2. The second-order valence-corrected chi connectivity index (χ2v) is 9.48. The molecule has 2 heterocycles. The normalized spacial score (nSPS) is 11.0. The molecule has 0 aliphatic rings. The van der Waals surface area contributed by atoms with Gasteiger partial charge in [-0.05, 0) is 29.7 Å². The molecule has 0 spiro atoms. The van der Waals surface area contributed by atoms with Crippen LogP contribution in [0.25, 0.3) is 10.9 Å². The number of nitrogens with one attached hydrogen (secondary N) is 1. The van der Waals surface area contributed by atoms with Crippen molar-refractivity contribution in [2.45, 2.75) is 45.3 Å². The van der Waals surface area contributed by atoms with Crippen LogP contribution in [0.2, 0.25) is 0 Å². The van der Waals surface area contributed by atoms with Crippen LogP contribution in [-0.4, -0.2) is 79.0 Å². The molecule has 0 bridgehead atoms. The lowest BCUT2D eigenvalue weighted by Gasteiger charge is -2.19. The molecule has 0 saturated heterocycles. The number of halogens is 6. The Hall–Kier alpha value is -5.66. The first-order valence-corrected chi connectivity index (χ1v) is 13.8. The average molecular weight is 705 g/mol. The highest BCUT2D eigenvalue weighted by Gasteiger charge is 2.38. The minimum atomic E-state index is -5.08. The van der Waals surface area contributed by atoms with Crippen molar-refractivity contribution in [1.29, 1.82) is 0 Å². The van der Waals surface area contributed by atoms with Gasteiger partial charge in [0, 0.05) is 36.3 Å². The van der Waals surface area contributed by atoms with Gasteiger partial charge in [0.25, 0.3) is 5.91 Å². The third-order valence-corrected chi connectivity index (χ3v) is 6.22. The van der Waals surface area contributed by atoms with Crippen LogP contribution in [0.15, 0.2) is 49.2 Å². The Balaban J connectivity index is 0.000000500. The number of hydrogen-bond acceptors (Lipinski definition) is 10. The van der Waals surface area contributed by atoms with Crippen molar-refractivity contribution in [2.24, 2.45) is 5.73 Å². The van der Waals surface area contributed by atoms with Crippen LogP contribution < -0.4 is 20.5 Å². The summed E-state index contributed by atoms with van der Waals surface area (Å²) in [5.74, 6) is -5.07. The van der Waals surface area contributed by atoms with Crippen molar-refractivity contribution in [1.82, 2.24) is 19.7 Å². The Labute approximate surface area is 273 Å². The maximum atomic E-state index is 12.3. The molecule has 2 aromatic carbocycles. The summed E-state index contributed by atoms with van der Waals surface area (Å²) in [4.78, 5) is 38.4. The summed E-state index contributed by atoms with van der Waals surface area (Å²) in [7, 11) is 1.56. The molecule has 0 aliphatic heterocycles. The van der Waals surface area contributed by atoms with E-state index in [2.05, 4.69) is 20.4 Å². The molecule has 1 amide bonds. The quantitative estimate of drug-likeness (QED) is 0.108. The zero-order valence-corrected chi connectivity index (χ0v) is 25.7. The van der Waals surface area contributed by atoms with Gasteiger partial charge in [0.1, 0.15) is 12.7 Å². The van der Waals surface area contributed by atoms with Crippen molar-refractivity contribution in [3.8, 4) is 11.5 Å². The molecule has 266 valence electrons. The van der Waals surface area contributed by atoms with E-state index < -0.39 is 30.2 Å². The fraction of sp³-hybridized carbons (Fsp3) is 0.310. The molecule has 6 N–H and O–H groups in total. The summed E-state index contributed by atoms with van der Waals surface area (Å²) < 4.78 is 76.8. The maximum absolute atomic E-state index is 12.3. The predicted molar refractivity (Wildman–Crippen MR) is 159 cm³/mol. The number of alkyl halides is 6. The number of primary amides is 1. The average Bonchev–Trinajstić information content (AvgIpc) is 3.56. The number of carboxylic acid groups (broad SMARTS) is 2. The van der Waals surface area contributed by atoms with Crippen LogP contribution in [0.3, 0.4) is 0 Å². The molecule has 49 heavy (non-hydrogen) atoms. The van der Waals surface area contributed by atoms with Gasteiger partial charge >= 0.3 is 24.3 Å². The first-order chi connectivity index (χ1) is 22.9. The van der Waals surface area contributed by atoms with E-state index in [4.69, 9.17) is 35.0 Å². The number of nitrogens with zero attached hydrogens (tertiary/aromatic N) is 4. The molecule has 0 aliphatic carbocycles. The lowest BCUT2D eigenvalue weighted by molar-refractivity contribution is -0.193. The molecular formula is C29H30F6N6O8. The molecule has 0 saturated carbocycles. The number of nitrogens with two attached hydrogens (primary N) is 1. The minimum absolute atomic E-state index is 0.0795. The smallest absolute Gasteiger partial charge is 0.490 e. The van der Waals surface area contributed by atoms with Crippen molar-refractivity contribution in [3.63, 3.8) is 0 Å². The number of amides is 1. The van der Waals surface area contributed by atoms with E-state index in [1.165, 1.54) is 12.5 Å². The fourth-order valence-electron chi connectivity index (χ4n) is 4.00. The number of aryl methyl sites for hydroxylation is 1. The fourth-order valence-corrected chi connectivity index (χ4v) is 4.00. The predicted octanol–water partition coefficient (Wildman–Crippen LogP) is 4.47. The summed E-state index contributed by atoms with van der Waals surface area (Å²) in [6.45, 7) is 3.05. The number of fused-ring (bicyclic) bond motifs is 1. The second-order valence-electron chi connectivity index (χ2n) is 9.48.